The van der Waals surface area contributed by atoms with E-state index in [1.807, 2.05) is 0 Å². The minimum atomic E-state index is 0.876. The molecule has 0 bridgehead atoms. The van der Waals surface area contributed by atoms with E-state index in [1.54, 1.807) is 0 Å². The van der Waals surface area contributed by atoms with Gasteiger partial charge in [0.1, 0.15) is 11.2 Å². The summed E-state index contributed by atoms with van der Waals surface area (Å²) in [5.74, 6) is 0. The van der Waals surface area contributed by atoms with Gasteiger partial charge in [-0.15, -0.1) is 0 Å². The van der Waals surface area contributed by atoms with Crippen molar-refractivity contribution in [3.05, 3.63) is 237 Å². The van der Waals surface area contributed by atoms with Crippen molar-refractivity contribution in [3.8, 4) is 55.6 Å². The molecule has 0 aliphatic carbocycles. The summed E-state index contributed by atoms with van der Waals surface area (Å²) in [5.41, 5.74) is 16.7. The van der Waals surface area contributed by atoms with Crippen molar-refractivity contribution in [3.63, 3.8) is 0 Å². The van der Waals surface area contributed by atoms with Crippen LogP contribution >= 0.6 is 0 Å². The zero-order valence-electron chi connectivity index (χ0n) is 32.9. The second-order valence-corrected chi connectivity index (χ2v) is 15.2. The summed E-state index contributed by atoms with van der Waals surface area (Å²) in [5, 5.41) is 4.51. The Morgan fingerprint density at radius 2 is 0.833 bits per heavy atom. The van der Waals surface area contributed by atoms with E-state index in [4.69, 9.17) is 4.42 Å². The lowest BCUT2D eigenvalue weighted by Gasteiger charge is -2.29. The van der Waals surface area contributed by atoms with Crippen molar-refractivity contribution in [2.45, 2.75) is 0 Å². The van der Waals surface area contributed by atoms with Crippen LogP contribution in [0.25, 0.3) is 88.3 Å². The van der Waals surface area contributed by atoms with Crippen LogP contribution in [-0.2, 0) is 0 Å². The van der Waals surface area contributed by atoms with Gasteiger partial charge in [0.2, 0.25) is 0 Å². The maximum absolute atomic E-state index is 6.69. The maximum Gasteiger partial charge on any atom is 0.143 e. The Kier molecular flexibility index (Phi) is 8.87. The molecule has 11 aromatic rings. The Morgan fingerprint density at radius 3 is 1.55 bits per heavy atom. The van der Waals surface area contributed by atoms with Crippen molar-refractivity contribution in [1.82, 2.24) is 0 Å². The standard InChI is InChI=1S/C58H39NO/c1-4-15-40(16-5-1)42-27-29-46(30-28-42)49-38-36-48(39-54(49)44-19-8-3-9-20-44)59(47-34-31-43(32-35-47)41-17-6-2-7-18-41)55-25-13-12-23-51(55)52-24-14-26-56-57(52)53-37-33-45-21-10-11-22-50(45)58(53)60-56/h1-39H. The van der Waals surface area contributed by atoms with Gasteiger partial charge in [0, 0.05) is 33.1 Å². The van der Waals surface area contributed by atoms with E-state index in [1.165, 1.54) is 44.3 Å². The molecule has 11 rings (SSSR count). The molecule has 0 saturated heterocycles. The third-order valence-electron chi connectivity index (χ3n) is 11.7. The normalized spacial score (nSPS) is 11.3. The van der Waals surface area contributed by atoms with Crippen LogP contribution in [0.4, 0.5) is 17.1 Å². The topological polar surface area (TPSA) is 16.4 Å². The Hall–Kier alpha value is -7.94. The van der Waals surface area contributed by atoms with Crippen molar-refractivity contribution >= 4 is 49.8 Å². The highest BCUT2D eigenvalue weighted by Gasteiger charge is 2.22. The van der Waals surface area contributed by atoms with Gasteiger partial charge in [0.05, 0.1) is 5.69 Å². The highest BCUT2D eigenvalue weighted by molar-refractivity contribution is 6.19. The number of para-hydroxylation sites is 1. The maximum atomic E-state index is 6.69. The van der Waals surface area contributed by atoms with Crippen LogP contribution < -0.4 is 4.90 Å². The van der Waals surface area contributed by atoms with Crippen LogP contribution in [0.5, 0.6) is 0 Å². The molecular formula is C58H39NO. The first-order valence-corrected chi connectivity index (χ1v) is 20.5. The van der Waals surface area contributed by atoms with Gasteiger partial charge in [-0.3, -0.25) is 0 Å². The molecule has 2 heteroatoms. The van der Waals surface area contributed by atoms with Gasteiger partial charge in [-0.25, -0.2) is 0 Å². The zero-order chi connectivity index (χ0) is 39.8. The first kappa shape index (κ1) is 35.2. The van der Waals surface area contributed by atoms with Crippen LogP contribution in [0.1, 0.15) is 0 Å². The Labute approximate surface area is 349 Å². The van der Waals surface area contributed by atoms with Gasteiger partial charge in [-0.1, -0.05) is 194 Å². The Bertz CT molecular complexity index is 3280. The number of rotatable bonds is 8. The molecule has 2 nitrogen and oxygen atoms in total. The monoisotopic (exact) mass is 765 g/mol. The number of fused-ring (bicyclic) bond motifs is 5. The molecule has 0 unspecified atom stereocenters. The second kappa shape index (κ2) is 15.1. The van der Waals surface area contributed by atoms with E-state index < -0.39 is 0 Å². The smallest absolute Gasteiger partial charge is 0.143 e. The number of furan rings is 1. The molecule has 0 N–H and O–H groups in total. The van der Waals surface area contributed by atoms with Crippen LogP contribution in [0.2, 0.25) is 0 Å². The zero-order valence-corrected chi connectivity index (χ0v) is 32.9. The lowest BCUT2D eigenvalue weighted by molar-refractivity contribution is 0.673. The van der Waals surface area contributed by atoms with Gasteiger partial charge in [-0.05, 0) is 97.9 Å². The molecule has 10 aromatic carbocycles. The number of anilines is 3. The van der Waals surface area contributed by atoms with Crippen LogP contribution in [0.15, 0.2) is 241 Å². The van der Waals surface area contributed by atoms with E-state index in [9.17, 15) is 0 Å². The molecule has 60 heavy (non-hydrogen) atoms. The first-order chi connectivity index (χ1) is 29.8. The van der Waals surface area contributed by atoms with E-state index in [0.29, 0.717) is 0 Å². The lowest BCUT2D eigenvalue weighted by Crippen LogP contribution is -2.11. The predicted octanol–water partition coefficient (Wildman–Crippen LogP) is 16.5. The van der Waals surface area contributed by atoms with Crippen molar-refractivity contribution in [1.29, 1.82) is 0 Å². The van der Waals surface area contributed by atoms with Gasteiger partial charge in [0.15, 0.2) is 0 Å². The summed E-state index contributed by atoms with van der Waals surface area (Å²) in [4.78, 5) is 2.41. The van der Waals surface area contributed by atoms with E-state index >= 15 is 0 Å². The summed E-state index contributed by atoms with van der Waals surface area (Å²) in [7, 11) is 0. The Morgan fingerprint density at radius 1 is 0.300 bits per heavy atom. The molecule has 0 atom stereocenters. The van der Waals surface area contributed by atoms with Crippen LogP contribution in [-0.4, -0.2) is 0 Å². The number of hydrogen-bond acceptors (Lipinski definition) is 2. The molecule has 0 fully saturated rings. The van der Waals surface area contributed by atoms with E-state index in [2.05, 4.69) is 241 Å². The highest BCUT2D eigenvalue weighted by Crippen LogP contribution is 2.47. The molecule has 0 spiro atoms. The highest BCUT2D eigenvalue weighted by atomic mass is 16.3. The molecule has 1 aromatic heterocycles. The lowest BCUT2D eigenvalue weighted by atomic mass is 9.92. The second-order valence-electron chi connectivity index (χ2n) is 15.2. The van der Waals surface area contributed by atoms with Crippen molar-refractivity contribution in [2.75, 3.05) is 4.90 Å². The van der Waals surface area contributed by atoms with Gasteiger partial charge < -0.3 is 9.32 Å². The summed E-state index contributed by atoms with van der Waals surface area (Å²) in [6.07, 6.45) is 0. The average molecular weight is 766 g/mol. The average Bonchev–Trinajstić information content (AvgIpc) is 3.73. The van der Waals surface area contributed by atoms with Gasteiger partial charge in [0.25, 0.3) is 0 Å². The number of nitrogens with zero attached hydrogens (tertiary/aromatic N) is 1. The van der Waals surface area contributed by atoms with Crippen molar-refractivity contribution in [2.24, 2.45) is 0 Å². The summed E-state index contributed by atoms with van der Waals surface area (Å²) in [6.45, 7) is 0. The third-order valence-corrected chi connectivity index (χ3v) is 11.7. The SMILES string of the molecule is c1ccc(-c2ccc(-c3ccc(N(c4ccc(-c5ccccc5)cc4)c4ccccc4-c4cccc5oc6c7ccccc7ccc6c45)cc3-c3ccccc3)cc2)cc1. The quantitative estimate of drug-likeness (QED) is 0.153. The fourth-order valence-electron chi connectivity index (χ4n) is 8.79. The van der Waals surface area contributed by atoms with Crippen molar-refractivity contribution < 1.29 is 4.42 Å². The molecule has 282 valence electrons. The minimum absolute atomic E-state index is 0.876. The number of benzene rings is 10. The molecule has 0 radical (unpaired) electrons. The van der Waals surface area contributed by atoms with Gasteiger partial charge >= 0.3 is 0 Å². The fourth-order valence-corrected chi connectivity index (χ4v) is 8.79. The summed E-state index contributed by atoms with van der Waals surface area (Å²) in [6, 6.07) is 84.8. The molecule has 0 amide bonds. The van der Waals surface area contributed by atoms with Crippen LogP contribution in [0, 0.1) is 0 Å². The predicted molar refractivity (Wildman–Crippen MR) is 253 cm³/mol. The fraction of sp³-hybridized carbons (Fsp3) is 0. The molecule has 1 heterocycles. The molecule has 0 aliphatic rings. The number of hydrogen-bond donors (Lipinski definition) is 0. The molecule has 0 saturated carbocycles. The Balaban J connectivity index is 1.11. The van der Waals surface area contributed by atoms with E-state index in [0.717, 1.165) is 61.1 Å². The van der Waals surface area contributed by atoms with Gasteiger partial charge in [-0.2, -0.15) is 0 Å². The summed E-state index contributed by atoms with van der Waals surface area (Å²) >= 11 is 0. The van der Waals surface area contributed by atoms with Crippen LogP contribution in [0.3, 0.4) is 0 Å². The minimum Gasteiger partial charge on any atom is -0.455 e. The third kappa shape index (κ3) is 6.32. The molecular weight excluding hydrogens is 727 g/mol. The first-order valence-electron chi connectivity index (χ1n) is 20.5. The largest absolute Gasteiger partial charge is 0.455 e. The molecule has 0 aliphatic heterocycles. The van der Waals surface area contributed by atoms with E-state index in [-0.39, 0.29) is 0 Å². The summed E-state index contributed by atoms with van der Waals surface area (Å²) < 4.78 is 6.69.